The summed E-state index contributed by atoms with van der Waals surface area (Å²) in [6.07, 6.45) is 3.54. The number of hydrogen-bond donors (Lipinski definition) is 0. The van der Waals surface area contributed by atoms with Gasteiger partial charge >= 0.3 is 0 Å². The molecule has 0 amide bonds. The van der Waals surface area contributed by atoms with Crippen molar-refractivity contribution in [3.05, 3.63) is 89.9 Å². The van der Waals surface area contributed by atoms with E-state index in [0.29, 0.717) is 29.8 Å². The van der Waals surface area contributed by atoms with Gasteiger partial charge in [0.2, 0.25) is 5.88 Å². The van der Waals surface area contributed by atoms with Gasteiger partial charge in [-0.3, -0.25) is 4.90 Å². The van der Waals surface area contributed by atoms with Crippen molar-refractivity contribution in [3.8, 4) is 5.88 Å². The first kappa shape index (κ1) is 22.2. The van der Waals surface area contributed by atoms with Crippen molar-refractivity contribution in [2.75, 3.05) is 13.1 Å². The minimum absolute atomic E-state index is 0.0510. The van der Waals surface area contributed by atoms with Crippen LogP contribution < -0.4 is 4.74 Å². The first-order valence-corrected chi connectivity index (χ1v) is 12.2. The molecule has 0 unspecified atom stereocenters. The smallest absolute Gasteiger partial charge is 0.213 e. The van der Waals surface area contributed by atoms with Crippen molar-refractivity contribution in [2.24, 2.45) is 11.8 Å². The van der Waals surface area contributed by atoms with Gasteiger partial charge in [-0.25, -0.2) is 18.7 Å². The van der Waals surface area contributed by atoms with Gasteiger partial charge in [0.05, 0.1) is 17.1 Å². The number of ether oxygens (including phenoxy) is 1. The normalized spacial score (nSPS) is 24.5. The number of aromatic nitrogens is 3. The summed E-state index contributed by atoms with van der Waals surface area (Å²) < 4.78 is 36.5. The maximum absolute atomic E-state index is 14.3. The first-order chi connectivity index (χ1) is 17.0. The van der Waals surface area contributed by atoms with Gasteiger partial charge in [-0.2, -0.15) is 0 Å². The van der Waals surface area contributed by atoms with Crippen LogP contribution in [-0.4, -0.2) is 38.6 Å². The third-order valence-corrected chi connectivity index (χ3v) is 7.58. The van der Waals surface area contributed by atoms with Crippen molar-refractivity contribution >= 4 is 11.0 Å². The van der Waals surface area contributed by atoms with E-state index in [-0.39, 0.29) is 12.1 Å². The number of para-hydroxylation sites is 2. The zero-order chi connectivity index (χ0) is 23.9. The van der Waals surface area contributed by atoms with Crippen LogP contribution in [-0.2, 0) is 6.54 Å². The quantitative estimate of drug-likeness (QED) is 0.381. The van der Waals surface area contributed by atoms with Gasteiger partial charge in [-0.15, -0.1) is 0 Å². The number of pyridine rings is 1. The molecule has 0 spiro atoms. The molecule has 1 saturated carbocycles. The minimum atomic E-state index is -0.540. The van der Waals surface area contributed by atoms with Gasteiger partial charge in [-0.05, 0) is 55.9 Å². The highest BCUT2D eigenvalue weighted by molar-refractivity contribution is 5.76. The van der Waals surface area contributed by atoms with E-state index >= 15 is 0 Å². The van der Waals surface area contributed by atoms with Crippen LogP contribution in [0.1, 0.15) is 30.3 Å². The first-order valence-electron chi connectivity index (χ1n) is 12.2. The number of rotatable bonds is 5. The zero-order valence-corrected chi connectivity index (χ0v) is 19.6. The van der Waals surface area contributed by atoms with Crippen LogP contribution in [0.15, 0.2) is 66.9 Å². The Morgan fingerprint density at radius 1 is 0.971 bits per heavy atom. The lowest BCUT2D eigenvalue weighted by molar-refractivity contribution is 0.0522. The second-order valence-corrected chi connectivity index (χ2v) is 9.83. The molecule has 1 saturated heterocycles. The highest BCUT2D eigenvalue weighted by Gasteiger charge is 2.44. The fourth-order valence-corrected chi connectivity index (χ4v) is 6.06. The summed E-state index contributed by atoms with van der Waals surface area (Å²) >= 11 is 0. The van der Waals surface area contributed by atoms with Crippen LogP contribution in [0, 0.1) is 30.4 Å². The predicted molar refractivity (Wildman–Crippen MR) is 130 cm³/mol. The van der Waals surface area contributed by atoms with Gasteiger partial charge < -0.3 is 9.30 Å². The molecule has 1 aliphatic carbocycles. The largest absolute Gasteiger partial charge is 0.472 e. The molecule has 180 valence electrons. The second kappa shape index (κ2) is 9.04. The average Bonchev–Trinajstić information content (AvgIpc) is 3.39. The Morgan fingerprint density at radius 3 is 2.57 bits per heavy atom. The number of likely N-dealkylation sites (tertiary alicyclic amines) is 1. The summed E-state index contributed by atoms with van der Waals surface area (Å²) in [5.74, 6) is 1.50. The van der Waals surface area contributed by atoms with Crippen LogP contribution in [0.25, 0.3) is 11.0 Å². The lowest BCUT2D eigenvalue weighted by Crippen LogP contribution is -2.40. The van der Waals surface area contributed by atoms with Crippen molar-refractivity contribution in [1.29, 1.82) is 0 Å². The molecule has 1 aliphatic heterocycles. The van der Waals surface area contributed by atoms with E-state index in [2.05, 4.69) is 33.5 Å². The molecular formula is C28H28F2N4O. The molecule has 0 radical (unpaired) electrons. The summed E-state index contributed by atoms with van der Waals surface area (Å²) in [6, 6.07) is 17.9. The fraction of sp³-hybridized carbons (Fsp3) is 0.357. The molecule has 2 aromatic heterocycles. The van der Waals surface area contributed by atoms with Gasteiger partial charge in [0.15, 0.2) is 0 Å². The average molecular weight is 475 g/mol. The lowest BCUT2D eigenvalue weighted by Gasteiger charge is -2.39. The van der Waals surface area contributed by atoms with Crippen LogP contribution in [0.3, 0.4) is 0 Å². The van der Waals surface area contributed by atoms with Gasteiger partial charge in [0, 0.05) is 43.5 Å². The Morgan fingerprint density at radius 2 is 1.77 bits per heavy atom. The topological polar surface area (TPSA) is 43.2 Å². The number of imidazole rings is 1. The van der Waals surface area contributed by atoms with E-state index in [4.69, 9.17) is 9.72 Å². The van der Waals surface area contributed by atoms with E-state index in [1.807, 2.05) is 30.3 Å². The zero-order valence-electron chi connectivity index (χ0n) is 19.6. The van der Waals surface area contributed by atoms with Crippen LogP contribution in [0.2, 0.25) is 0 Å². The lowest BCUT2D eigenvalue weighted by atomic mass is 9.77. The highest BCUT2D eigenvalue weighted by atomic mass is 19.1. The molecule has 35 heavy (non-hydrogen) atoms. The van der Waals surface area contributed by atoms with Gasteiger partial charge in [0.25, 0.3) is 0 Å². The van der Waals surface area contributed by atoms with E-state index in [1.54, 1.807) is 12.3 Å². The number of halogens is 2. The van der Waals surface area contributed by atoms with Crippen molar-refractivity contribution in [3.63, 3.8) is 0 Å². The molecule has 7 heteroatoms. The Balaban J connectivity index is 1.29. The molecule has 2 aliphatic rings. The summed E-state index contributed by atoms with van der Waals surface area (Å²) in [5.41, 5.74) is 2.65. The van der Waals surface area contributed by atoms with Crippen LogP contribution >= 0.6 is 0 Å². The minimum Gasteiger partial charge on any atom is -0.472 e. The van der Waals surface area contributed by atoms with Crippen molar-refractivity contribution in [1.82, 2.24) is 19.4 Å². The van der Waals surface area contributed by atoms with Crippen molar-refractivity contribution < 1.29 is 13.5 Å². The third-order valence-electron chi connectivity index (χ3n) is 7.58. The Kier molecular flexibility index (Phi) is 5.72. The van der Waals surface area contributed by atoms with Gasteiger partial charge in [-0.1, -0.05) is 24.3 Å². The molecule has 3 heterocycles. The maximum Gasteiger partial charge on any atom is 0.213 e. The Bertz CT molecular complexity index is 1340. The number of nitrogens with zero attached hydrogens (tertiary/aromatic N) is 4. The third kappa shape index (κ3) is 4.29. The summed E-state index contributed by atoms with van der Waals surface area (Å²) in [5, 5.41) is 0. The van der Waals surface area contributed by atoms with Crippen molar-refractivity contribution in [2.45, 2.75) is 38.5 Å². The van der Waals surface area contributed by atoms with E-state index in [0.717, 1.165) is 48.9 Å². The number of aryl methyl sites for hydroxylation is 1. The Hall–Kier alpha value is -3.32. The number of hydrogen-bond acceptors (Lipinski definition) is 4. The van der Waals surface area contributed by atoms with E-state index in [1.165, 1.54) is 6.07 Å². The highest BCUT2D eigenvalue weighted by Crippen LogP contribution is 2.44. The molecule has 6 rings (SSSR count). The second-order valence-electron chi connectivity index (χ2n) is 9.83. The fourth-order valence-electron chi connectivity index (χ4n) is 6.06. The van der Waals surface area contributed by atoms with Crippen LogP contribution in [0.5, 0.6) is 5.88 Å². The molecule has 2 aromatic carbocycles. The molecule has 4 aromatic rings. The summed E-state index contributed by atoms with van der Waals surface area (Å²) in [4.78, 5) is 11.5. The molecule has 0 bridgehead atoms. The van der Waals surface area contributed by atoms with Gasteiger partial charge in [0.1, 0.15) is 23.6 Å². The van der Waals surface area contributed by atoms with Crippen LogP contribution in [0.4, 0.5) is 8.78 Å². The SMILES string of the molecule is Cc1nc2ccccc2n1[C@H]1C[C@H]2CN(Cc3ccc(F)cc3F)C[C@H]2C[C@@H]1Oc1ccccn1. The molecule has 4 atom stereocenters. The molecule has 2 fully saturated rings. The Labute approximate surface area is 203 Å². The summed E-state index contributed by atoms with van der Waals surface area (Å²) in [7, 11) is 0. The molecule has 5 nitrogen and oxygen atoms in total. The number of benzene rings is 2. The monoisotopic (exact) mass is 474 g/mol. The summed E-state index contributed by atoms with van der Waals surface area (Å²) in [6.45, 7) is 4.31. The van der Waals surface area contributed by atoms with E-state index in [9.17, 15) is 8.78 Å². The molecular weight excluding hydrogens is 446 g/mol. The number of fused-ring (bicyclic) bond motifs is 2. The maximum atomic E-state index is 14.3. The molecule has 0 N–H and O–H groups in total. The van der Waals surface area contributed by atoms with E-state index < -0.39 is 11.6 Å². The standard InChI is InChI=1S/C28H28F2N4O/c1-18-32-24-6-2-3-7-25(24)34(18)26-12-20-16-33(15-19-9-10-22(29)14-23(19)30)17-21(20)13-27(26)35-28-8-4-5-11-31-28/h2-11,14,20-21,26-27H,12-13,15-17H2,1H3/t20-,21+,26-,27-/m0/s1. The predicted octanol–water partition coefficient (Wildman–Crippen LogP) is 5.55.